The first-order valence-electron chi connectivity index (χ1n) is 4.98. The van der Waals surface area contributed by atoms with Crippen molar-refractivity contribution in [3.63, 3.8) is 0 Å². The number of carbonyl (C=O) groups is 1. The standard InChI is InChI=1S/C12H7FN2O3/c13-11-2-1-9(15(17)18)7-10(11)12(16)8-3-5-14-6-4-8/h1-7H. The average molecular weight is 246 g/mol. The monoisotopic (exact) mass is 246 g/mol. The van der Waals surface area contributed by atoms with Gasteiger partial charge in [0.2, 0.25) is 0 Å². The van der Waals surface area contributed by atoms with E-state index in [1.165, 1.54) is 24.5 Å². The molecule has 0 fully saturated rings. The number of rotatable bonds is 3. The summed E-state index contributed by atoms with van der Waals surface area (Å²) in [5, 5.41) is 10.6. The molecule has 0 spiro atoms. The molecule has 0 amide bonds. The van der Waals surface area contributed by atoms with Gasteiger partial charge in [-0.1, -0.05) is 0 Å². The quantitative estimate of drug-likeness (QED) is 0.473. The normalized spacial score (nSPS) is 10.1. The zero-order valence-electron chi connectivity index (χ0n) is 9.04. The van der Waals surface area contributed by atoms with Crippen LogP contribution in [0.2, 0.25) is 0 Å². The minimum atomic E-state index is -0.789. The van der Waals surface area contributed by atoms with Crippen LogP contribution >= 0.6 is 0 Å². The number of aromatic nitrogens is 1. The van der Waals surface area contributed by atoms with Crippen molar-refractivity contribution in [2.24, 2.45) is 0 Å². The summed E-state index contributed by atoms with van der Waals surface area (Å²) < 4.78 is 13.5. The van der Waals surface area contributed by atoms with Gasteiger partial charge < -0.3 is 0 Å². The van der Waals surface area contributed by atoms with Gasteiger partial charge in [-0.15, -0.1) is 0 Å². The van der Waals surface area contributed by atoms with Gasteiger partial charge in [-0.25, -0.2) is 4.39 Å². The molecule has 0 atom stereocenters. The van der Waals surface area contributed by atoms with Crippen LogP contribution in [0.5, 0.6) is 0 Å². The smallest absolute Gasteiger partial charge is 0.270 e. The Morgan fingerprint density at radius 3 is 2.50 bits per heavy atom. The van der Waals surface area contributed by atoms with Crippen LogP contribution in [-0.2, 0) is 0 Å². The highest BCUT2D eigenvalue weighted by atomic mass is 19.1. The number of halogens is 1. The summed E-state index contributed by atoms with van der Waals surface area (Å²) in [7, 11) is 0. The van der Waals surface area contributed by atoms with Crippen LogP contribution in [0.4, 0.5) is 10.1 Å². The second-order valence-corrected chi connectivity index (χ2v) is 3.49. The van der Waals surface area contributed by atoms with Crippen LogP contribution in [-0.4, -0.2) is 15.7 Å². The summed E-state index contributed by atoms with van der Waals surface area (Å²) in [6.45, 7) is 0. The molecule has 5 nitrogen and oxygen atoms in total. The van der Waals surface area contributed by atoms with E-state index in [9.17, 15) is 19.3 Å². The topological polar surface area (TPSA) is 73.1 Å². The summed E-state index contributed by atoms with van der Waals surface area (Å²) in [4.78, 5) is 25.6. The fraction of sp³-hybridized carbons (Fsp3) is 0. The van der Waals surface area contributed by atoms with Gasteiger partial charge in [-0.3, -0.25) is 19.9 Å². The molecular weight excluding hydrogens is 239 g/mol. The molecule has 18 heavy (non-hydrogen) atoms. The SMILES string of the molecule is O=C(c1ccncc1)c1cc([N+](=O)[O-])ccc1F. The average Bonchev–Trinajstić information content (AvgIpc) is 2.39. The van der Waals surface area contributed by atoms with E-state index in [0.717, 1.165) is 18.2 Å². The lowest BCUT2D eigenvalue weighted by molar-refractivity contribution is -0.384. The molecule has 0 aliphatic rings. The Labute approximate surface area is 101 Å². The molecule has 0 bridgehead atoms. The predicted octanol–water partition coefficient (Wildman–Crippen LogP) is 2.36. The Kier molecular flexibility index (Phi) is 3.09. The summed E-state index contributed by atoms with van der Waals surface area (Å²) in [5.74, 6) is -1.40. The van der Waals surface area contributed by atoms with Gasteiger partial charge in [0.05, 0.1) is 10.5 Å². The third kappa shape index (κ3) is 2.22. The minimum Gasteiger partial charge on any atom is -0.288 e. The van der Waals surface area contributed by atoms with Crippen molar-refractivity contribution in [3.8, 4) is 0 Å². The van der Waals surface area contributed by atoms with E-state index < -0.39 is 16.5 Å². The maximum absolute atomic E-state index is 13.5. The Morgan fingerprint density at radius 2 is 1.89 bits per heavy atom. The van der Waals surface area contributed by atoms with E-state index in [4.69, 9.17) is 0 Å². The summed E-state index contributed by atoms with van der Waals surface area (Å²) in [6.07, 6.45) is 2.78. The highest BCUT2D eigenvalue weighted by Crippen LogP contribution is 2.19. The molecule has 0 aliphatic carbocycles. The van der Waals surface area contributed by atoms with Crippen LogP contribution in [0, 0.1) is 15.9 Å². The van der Waals surface area contributed by atoms with E-state index in [1.54, 1.807) is 0 Å². The predicted molar refractivity (Wildman–Crippen MR) is 60.7 cm³/mol. The second kappa shape index (κ2) is 4.70. The number of nitro groups is 1. The van der Waals surface area contributed by atoms with Crippen molar-refractivity contribution in [2.45, 2.75) is 0 Å². The number of non-ortho nitro benzene ring substituents is 1. The number of pyridine rings is 1. The molecular formula is C12H7FN2O3. The third-order valence-corrected chi connectivity index (χ3v) is 2.35. The maximum atomic E-state index is 13.5. The summed E-state index contributed by atoms with van der Waals surface area (Å²) in [6, 6.07) is 5.69. The van der Waals surface area contributed by atoms with Gasteiger partial charge in [0, 0.05) is 30.1 Å². The van der Waals surface area contributed by atoms with Gasteiger partial charge in [0.15, 0.2) is 5.78 Å². The van der Waals surface area contributed by atoms with Crippen molar-refractivity contribution in [1.29, 1.82) is 0 Å². The lowest BCUT2D eigenvalue weighted by Crippen LogP contribution is -2.05. The van der Waals surface area contributed by atoms with Crippen LogP contribution in [0.15, 0.2) is 42.7 Å². The van der Waals surface area contributed by atoms with Crippen LogP contribution in [0.1, 0.15) is 15.9 Å². The number of hydrogen-bond acceptors (Lipinski definition) is 4. The first-order valence-corrected chi connectivity index (χ1v) is 4.98. The van der Waals surface area contributed by atoms with E-state index in [1.807, 2.05) is 0 Å². The zero-order valence-corrected chi connectivity index (χ0v) is 9.04. The van der Waals surface area contributed by atoms with Crippen molar-refractivity contribution in [3.05, 3.63) is 69.8 Å². The number of ketones is 1. The number of hydrogen-bond donors (Lipinski definition) is 0. The van der Waals surface area contributed by atoms with Gasteiger partial charge in [-0.2, -0.15) is 0 Å². The molecule has 6 heteroatoms. The maximum Gasteiger partial charge on any atom is 0.270 e. The molecule has 1 aromatic carbocycles. The molecule has 2 rings (SSSR count). The highest BCUT2D eigenvalue weighted by Gasteiger charge is 2.18. The number of nitrogens with zero attached hydrogens (tertiary/aromatic N) is 2. The number of benzene rings is 1. The highest BCUT2D eigenvalue weighted by molar-refractivity contribution is 6.09. The largest absolute Gasteiger partial charge is 0.288 e. The zero-order chi connectivity index (χ0) is 13.1. The van der Waals surface area contributed by atoms with Crippen molar-refractivity contribution < 1.29 is 14.1 Å². The lowest BCUT2D eigenvalue weighted by atomic mass is 10.0. The molecule has 2 aromatic rings. The van der Waals surface area contributed by atoms with Gasteiger partial charge in [-0.05, 0) is 18.2 Å². The Hall–Kier alpha value is -2.63. The second-order valence-electron chi connectivity index (χ2n) is 3.49. The molecule has 90 valence electrons. The van der Waals surface area contributed by atoms with Crippen molar-refractivity contribution in [1.82, 2.24) is 4.98 Å². The Morgan fingerprint density at radius 1 is 1.22 bits per heavy atom. The van der Waals surface area contributed by atoms with Crippen LogP contribution in [0.3, 0.4) is 0 Å². The van der Waals surface area contributed by atoms with Gasteiger partial charge in [0.1, 0.15) is 5.82 Å². The fourth-order valence-electron chi connectivity index (χ4n) is 1.46. The molecule has 0 aliphatic heterocycles. The summed E-state index contributed by atoms with van der Waals surface area (Å²) in [5.41, 5.74) is -0.423. The Balaban J connectivity index is 2.48. The minimum absolute atomic E-state index is 0.226. The van der Waals surface area contributed by atoms with E-state index in [0.29, 0.717) is 0 Å². The lowest BCUT2D eigenvalue weighted by Gasteiger charge is -2.02. The molecule has 0 saturated heterocycles. The molecule has 0 N–H and O–H groups in total. The van der Waals surface area contributed by atoms with Gasteiger partial charge in [0.25, 0.3) is 5.69 Å². The summed E-state index contributed by atoms with van der Waals surface area (Å²) >= 11 is 0. The first kappa shape index (κ1) is 11.8. The molecule has 1 aromatic heterocycles. The molecule has 0 saturated carbocycles. The Bertz CT molecular complexity index is 614. The third-order valence-electron chi connectivity index (χ3n) is 2.35. The van der Waals surface area contributed by atoms with Crippen LogP contribution in [0.25, 0.3) is 0 Å². The van der Waals surface area contributed by atoms with E-state index in [-0.39, 0.29) is 16.8 Å². The molecule has 0 unspecified atom stereocenters. The van der Waals surface area contributed by atoms with Crippen LogP contribution < -0.4 is 0 Å². The van der Waals surface area contributed by atoms with E-state index >= 15 is 0 Å². The number of nitro benzene ring substituents is 1. The van der Waals surface area contributed by atoms with Crippen molar-refractivity contribution in [2.75, 3.05) is 0 Å². The molecule has 0 radical (unpaired) electrons. The van der Waals surface area contributed by atoms with Gasteiger partial charge >= 0.3 is 0 Å². The number of carbonyl (C=O) groups excluding carboxylic acids is 1. The fourth-order valence-corrected chi connectivity index (χ4v) is 1.46. The first-order chi connectivity index (χ1) is 8.59. The molecule has 1 heterocycles. The van der Waals surface area contributed by atoms with Crippen molar-refractivity contribution >= 4 is 11.5 Å². The van der Waals surface area contributed by atoms with E-state index in [2.05, 4.69) is 4.98 Å².